The number of benzene rings is 1. The molecular weight excluding hydrogens is 354 g/mol. The first-order chi connectivity index (χ1) is 12.2. The molecule has 5 nitrogen and oxygen atoms in total. The number of nitrogens with zero attached hydrogens (tertiary/aromatic N) is 3. The molecule has 25 heavy (non-hydrogen) atoms. The van der Waals surface area contributed by atoms with E-state index in [9.17, 15) is 4.79 Å². The summed E-state index contributed by atoms with van der Waals surface area (Å²) in [6.07, 6.45) is 3.54. The minimum Gasteiger partial charge on any atom is -0.490 e. The molecule has 3 heterocycles. The van der Waals surface area contributed by atoms with Crippen LogP contribution in [-0.2, 0) is 0 Å². The third-order valence-electron chi connectivity index (χ3n) is 3.47. The van der Waals surface area contributed by atoms with Crippen LogP contribution in [0.4, 0.5) is 0 Å². The zero-order valence-corrected chi connectivity index (χ0v) is 14.7. The van der Waals surface area contributed by atoms with Gasteiger partial charge in [0, 0.05) is 0 Å². The van der Waals surface area contributed by atoms with E-state index in [0.29, 0.717) is 21.9 Å². The minimum atomic E-state index is -0.151. The highest BCUT2D eigenvalue weighted by Gasteiger charge is 2.12. The maximum absolute atomic E-state index is 12.5. The van der Waals surface area contributed by atoms with Gasteiger partial charge in [-0.3, -0.25) is 4.79 Å². The van der Waals surface area contributed by atoms with Gasteiger partial charge in [-0.05, 0) is 35.2 Å². The molecule has 0 aliphatic carbocycles. The summed E-state index contributed by atoms with van der Waals surface area (Å²) in [6, 6.07) is 11.4. The Kier molecular flexibility index (Phi) is 4.17. The molecule has 0 aliphatic rings. The molecular formula is C18H13N3O2S2. The van der Waals surface area contributed by atoms with Gasteiger partial charge in [0.25, 0.3) is 5.56 Å². The average Bonchev–Trinajstić information content (AvgIpc) is 3.33. The summed E-state index contributed by atoms with van der Waals surface area (Å²) in [6.45, 7) is 4.09. The second kappa shape index (κ2) is 6.62. The van der Waals surface area contributed by atoms with Gasteiger partial charge in [0.1, 0.15) is 12.4 Å². The van der Waals surface area contributed by atoms with Crippen molar-refractivity contribution in [3.8, 4) is 16.5 Å². The molecule has 0 atom stereocenters. The van der Waals surface area contributed by atoms with Crippen molar-refractivity contribution in [2.75, 3.05) is 6.61 Å². The molecule has 3 aromatic heterocycles. The summed E-state index contributed by atoms with van der Waals surface area (Å²) in [4.78, 5) is 18.5. The largest absolute Gasteiger partial charge is 0.490 e. The van der Waals surface area contributed by atoms with E-state index in [1.807, 2.05) is 47.9 Å². The number of hydrogen-bond acceptors (Lipinski definition) is 6. The zero-order chi connectivity index (χ0) is 17.2. The quantitative estimate of drug-likeness (QED) is 0.509. The Balaban J connectivity index is 1.68. The molecule has 4 rings (SSSR count). The smallest absolute Gasteiger partial charge is 0.291 e. The van der Waals surface area contributed by atoms with E-state index in [-0.39, 0.29) is 5.56 Å². The maximum atomic E-state index is 12.5. The van der Waals surface area contributed by atoms with Gasteiger partial charge >= 0.3 is 0 Å². The molecule has 0 spiro atoms. The Bertz CT molecular complexity index is 1130. The fourth-order valence-electron chi connectivity index (χ4n) is 2.31. The van der Waals surface area contributed by atoms with E-state index in [0.717, 1.165) is 16.2 Å². The van der Waals surface area contributed by atoms with Gasteiger partial charge in [-0.25, -0.2) is 0 Å². The van der Waals surface area contributed by atoms with Crippen LogP contribution in [0.2, 0.25) is 0 Å². The number of hydrogen-bond donors (Lipinski definition) is 0. The van der Waals surface area contributed by atoms with Gasteiger partial charge in [-0.15, -0.1) is 16.4 Å². The molecule has 7 heteroatoms. The third-order valence-corrected chi connectivity index (χ3v) is 5.29. The zero-order valence-electron chi connectivity index (χ0n) is 13.1. The van der Waals surface area contributed by atoms with Crippen molar-refractivity contribution in [3.63, 3.8) is 0 Å². The lowest BCUT2D eigenvalue weighted by atomic mass is 10.2. The molecule has 4 aromatic rings. The summed E-state index contributed by atoms with van der Waals surface area (Å²) in [5.41, 5.74) is 0.772. The molecule has 0 saturated carbocycles. The van der Waals surface area contributed by atoms with Gasteiger partial charge in [0.15, 0.2) is 5.82 Å². The van der Waals surface area contributed by atoms with Crippen molar-refractivity contribution in [1.29, 1.82) is 0 Å². The topological polar surface area (TPSA) is 56.5 Å². The number of thiazole rings is 1. The lowest BCUT2D eigenvalue weighted by molar-refractivity contribution is 0.363. The number of thiophene rings is 1. The SMILES string of the molecule is C=CCOc1ccc(/C=c2\sc3nc(-c4cccs4)nn3c2=O)cc1. The second-order valence-electron chi connectivity index (χ2n) is 5.19. The number of rotatable bonds is 5. The van der Waals surface area contributed by atoms with Crippen LogP contribution in [0.5, 0.6) is 5.75 Å². The summed E-state index contributed by atoms with van der Waals surface area (Å²) in [5.74, 6) is 1.36. The van der Waals surface area contributed by atoms with E-state index >= 15 is 0 Å². The molecule has 0 aliphatic heterocycles. The third kappa shape index (κ3) is 3.11. The van der Waals surface area contributed by atoms with E-state index < -0.39 is 0 Å². The normalized spacial score (nSPS) is 11.9. The van der Waals surface area contributed by atoms with Crippen molar-refractivity contribution in [1.82, 2.24) is 14.6 Å². The Labute approximate surface area is 151 Å². The van der Waals surface area contributed by atoms with Gasteiger partial charge in [0.2, 0.25) is 4.96 Å². The minimum absolute atomic E-state index is 0.151. The average molecular weight is 367 g/mol. The Morgan fingerprint density at radius 1 is 1.24 bits per heavy atom. The molecule has 124 valence electrons. The van der Waals surface area contributed by atoms with Crippen LogP contribution in [0, 0.1) is 0 Å². The summed E-state index contributed by atoms with van der Waals surface area (Å²) in [7, 11) is 0. The predicted octanol–water partition coefficient (Wildman–Crippen LogP) is 2.99. The summed E-state index contributed by atoms with van der Waals surface area (Å²) < 4.78 is 7.43. The molecule has 0 saturated heterocycles. The van der Waals surface area contributed by atoms with E-state index in [4.69, 9.17) is 4.74 Å². The summed E-state index contributed by atoms with van der Waals surface area (Å²) >= 11 is 2.89. The van der Waals surface area contributed by atoms with E-state index in [2.05, 4.69) is 16.7 Å². The molecule has 0 radical (unpaired) electrons. The van der Waals surface area contributed by atoms with Gasteiger partial charge < -0.3 is 4.74 Å². The molecule has 0 bridgehead atoms. The second-order valence-corrected chi connectivity index (χ2v) is 7.15. The molecule has 0 unspecified atom stereocenters. The van der Waals surface area contributed by atoms with Crippen LogP contribution < -0.4 is 14.8 Å². The summed E-state index contributed by atoms with van der Waals surface area (Å²) in [5, 5.41) is 6.29. The van der Waals surface area contributed by atoms with E-state index in [1.165, 1.54) is 15.9 Å². The van der Waals surface area contributed by atoms with Crippen molar-refractivity contribution >= 4 is 33.7 Å². The number of ether oxygens (including phenoxy) is 1. The van der Waals surface area contributed by atoms with Crippen LogP contribution in [-0.4, -0.2) is 21.2 Å². The Hall–Kier alpha value is -2.77. The fourth-order valence-corrected chi connectivity index (χ4v) is 3.87. The predicted molar refractivity (Wildman–Crippen MR) is 101 cm³/mol. The fraction of sp³-hybridized carbons (Fsp3) is 0.0556. The standard InChI is InChI=1S/C18H13N3O2S2/c1-2-9-23-13-7-5-12(6-8-13)11-15-17(22)21-18(25-15)19-16(20-21)14-4-3-10-24-14/h2-8,10-11H,1,9H2/b15-11-. The lowest BCUT2D eigenvalue weighted by Crippen LogP contribution is -2.23. The lowest BCUT2D eigenvalue weighted by Gasteiger charge is -2.02. The highest BCUT2D eigenvalue weighted by molar-refractivity contribution is 7.15. The molecule has 0 N–H and O–H groups in total. The van der Waals surface area contributed by atoms with Gasteiger partial charge in [-0.2, -0.15) is 9.50 Å². The number of aromatic nitrogens is 3. The molecule has 1 aromatic carbocycles. The molecule has 0 fully saturated rings. The van der Waals surface area contributed by atoms with Crippen molar-refractivity contribution in [2.45, 2.75) is 0 Å². The highest BCUT2D eigenvalue weighted by atomic mass is 32.1. The Morgan fingerprint density at radius 2 is 2.08 bits per heavy atom. The van der Waals surface area contributed by atoms with Crippen LogP contribution in [0.25, 0.3) is 21.7 Å². The number of fused-ring (bicyclic) bond motifs is 1. The van der Waals surface area contributed by atoms with Gasteiger partial charge in [-0.1, -0.05) is 42.2 Å². The van der Waals surface area contributed by atoms with E-state index in [1.54, 1.807) is 17.4 Å². The van der Waals surface area contributed by atoms with Crippen LogP contribution in [0.3, 0.4) is 0 Å². The monoisotopic (exact) mass is 367 g/mol. The Morgan fingerprint density at radius 3 is 2.76 bits per heavy atom. The molecule has 0 amide bonds. The first-order valence-corrected chi connectivity index (χ1v) is 9.23. The van der Waals surface area contributed by atoms with Crippen molar-refractivity contribution in [3.05, 3.63) is 74.9 Å². The van der Waals surface area contributed by atoms with Crippen molar-refractivity contribution in [2.24, 2.45) is 0 Å². The van der Waals surface area contributed by atoms with Crippen LogP contribution in [0.15, 0.2) is 59.2 Å². The van der Waals surface area contributed by atoms with Crippen molar-refractivity contribution < 1.29 is 4.74 Å². The maximum Gasteiger partial charge on any atom is 0.291 e. The van der Waals surface area contributed by atoms with Crippen LogP contribution in [0.1, 0.15) is 5.56 Å². The van der Waals surface area contributed by atoms with Crippen LogP contribution >= 0.6 is 22.7 Å². The van der Waals surface area contributed by atoms with Gasteiger partial charge in [0.05, 0.1) is 9.41 Å². The first-order valence-electron chi connectivity index (χ1n) is 7.53. The highest BCUT2D eigenvalue weighted by Crippen LogP contribution is 2.21. The first kappa shape index (κ1) is 15.7.